The highest BCUT2D eigenvalue weighted by atomic mass is 19.1. The van der Waals surface area contributed by atoms with E-state index < -0.39 is 0 Å². The van der Waals surface area contributed by atoms with Crippen molar-refractivity contribution < 1.29 is 13.9 Å². The van der Waals surface area contributed by atoms with Crippen molar-refractivity contribution in [3.8, 4) is 0 Å². The number of pyridine rings is 1. The van der Waals surface area contributed by atoms with Crippen molar-refractivity contribution in [2.24, 2.45) is 29.1 Å². The number of nitrogens with one attached hydrogen (secondary N) is 1. The first-order valence-electron chi connectivity index (χ1n) is 14.3. The first-order valence-corrected chi connectivity index (χ1v) is 14.3. The number of halogens is 1. The molecule has 2 aromatic rings. The molecule has 37 heavy (non-hydrogen) atoms. The van der Waals surface area contributed by atoms with Crippen LogP contribution in [0.4, 0.5) is 15.9 Å². The Balaban J connectivity index is 1.11. The summed E-state index contributed by atoms with van der Waals surface area (Å²) in [7, 11) is 0. The Bertz CT molecular complexity index is 1130. The van der Waals surface area contributed by atoms with Gasteiger partial charge in [-0.25, -0.2) is 9.37 Å². The largest absolute Gasteiger partial charge is 0.378 e. The molecule has 2 heterocycles. The van der Waals surface area contributed by atoms with Crippen LogP contribution in [0.2, 0.25) is 0 Å². The van der Waals surface area contributed by atoms with Gasteiger partial charge in [0.15, 0.2) is 0 Å². The number of carbonyl (C=O) groups is 1. The highest BCUT2D eigenvalue weighted by Gasteiger charge is 2.57. The second-order valence-corrected chi connectivity index (χ2v) is 12.2. The molecular formula is C31H40FN3O2. The van der Waals surface area contributed by atoms with Crippen molar-refractivity contribution in [3.05, 3.63) is 53.5 Å². The Morgan fingerprint density at radius 3 is 2.84 bits per heavy atom. The molecule has 4 unspecified atom stereocenters. The normalized spacial score (nSPS) is 32.8. The molecule has 3 aliphatic carbocycles. The van der Waals surface area contributed by atoms with E-state index in [1.165, 1.54) is 18.4 Å². The summed E-state index contributed by atoms with van der Waals surface area (Å²) in [6.07, 6.45) is 8.78. The minimum absolute atomic E-state index is 0.0242. The molecule has 4 aliphatic rings. The smallest absolute Gasteiger partial charge is 0.225 e. The van der Waals surface area contributed by atoms with Crippen molar-refractivity contribution in [1.29, 1.82) is 0 Å². The van der Waals surface area contributed by atoms with Crippen molar-refractivity contribution in [1.82, 2.24) is 4.98 Å². The molecule has 3 fully saturated rings. The first kappa shape index (κ1) is 24.8. The van der Waals surface area contributed by atoms with Crippen molar-refractivity contribution in [3.63, 3.8) is 0 Å². The van der Waals surface area contributed by atoms with Crippen LogP contribution in [0.3, 0.4) is 0 Å². The van der Waals surface area contributed by atoms with Crippen LogP contribution in [0.5, 0.6) is 0 Å². The van der Waals surface area contributed by atoms with Crippen molar-refractivity contribution in [2.45, 2.75) is 64.7 Å². The third-order valence-electron chi connectivity index (χ3n) is 10.4. The Morgan fingerprint density at radius 2 is 2.05 bits per heavy atom. The number of nitrogens with zero attached hydrogens (tertiary/aromatic N) is 2. The molecule has 6 rings (SSSR count). The summed E-state index contributed by atoms with van der Waals surface area (Å²) in [5.41, 5.74) is 3.62. The zero-order chi connectivity index (χ0) is 25.6. The van der Waals surface area contributed by atoms with Gasteiger partial charge in [-0.3, -0.25) is 4.79 Å². The number of hydrogen-bond donors (Lipinski definition) is 1. The maximum atomic E-state index is 14.6. The highest BCUT2D eigenvalue weighted by Crippen LogP contribution is 2.65. The van der Waals surface area contributed by atoms with Crippen LogP contribution >= 0.6 is 0 Å². The number of morpholine rings is 1. The van der Waals surface area contributed by atoms with E-state index in [1.807, 2.05) is 24.4 Å². The Labute approximate surface area is 220 Å². The zero-order valence-electron chi connectivity index (χ0n) is 22.2. The summed E-state index contributed by atoms with van der Waals surface area (Å²) in [5, 5.41) is 3.03. The van der Waals surface area contributed by atoms with Gasteiger partial charge in [-0.15, -0.1) is 0 Å². The maximum Gasteiger partial charge on any atom is 0.225 e. The van der Waals surface area contributed by atoms with E-state index in [-0.39, 0.29) is 11.7 Å². The maximum absolute atomic E-state index is 14.6. The van der Waals surface area contributed by atoms with Crippen LogP contribution in [-0.2, 0) is 16.0 Å². The molecule has 198 valence electrons. The molecular weight excluding hydrogens is 465 g/mol. The van der Waals surface area contributed by atoms with Gasteiger partial charge in [-0.1, -0.05) is 26.0 Å². The highest BCUT2D eigenvalue weighted by molar-refractivity contribution is 5.89. The van der Waals surface area contributed by atoms with E-state index in [2.05, 4.69) is 35.1 Å². The van der Waals surface area contributed by atoms with Gasteiger partial charge in [-0.05, 0) is 103 Å². The van der Waals surface area contributed by atoms with Crippen molar-refractivity contribution in [2.75, 3.05) is 36.5 Å². The number of benzene rings is 1. The standard InChI is InChI=1S/C31H40FN3O2/c1-20-18-21(6-11-29(36)34-28-10-7-22(19-33-28)35-14-16-37-17-15-35)30-26-9-8-25-23(4-3-5-27(25)32)24(26)12-13-31(20,30)2/h3-5,7,10,19-21,24,26,30H,6,8-9,11-18H2,1-2H3,(H,33,34,36)/t20?,21-,24?,26?,30?,31-/m1/s1. The monoisotopic (exact) mass is 505 g/mol. The number of fused-ring (bicyclic) bond motifs is 5. The average Bonchev–Trinajstić information content (AvgIpc) is 3.18. The lowest BCUT2D eigenvalue weighted by molar-refractivity contribution is -0.116. The van der Waals surface area contributed by atoms with E-state index in [0.717, 1.165) is 63.2 Å². The lowest BCUT2D eigenvalue weighted by atomic mass is 9.53. The molecule has 6 heteroatoms. The van der Waals surface area contributed by atoms with Crippen LogP contribution in [0.15, 0.2) is 36.5 Å². The summed E-state index contributed by atoms with van der Waals surface area (Å²) < 4.78 is 20.0. The third kappa shape index (κ3) is 4.56. The fraction of sp³-hybridized carbons (Fsp3) is 0.613. The summed E-state index contributed by atoms with van der Waals surface area (Å²) in [6.45, 7) is 8.14. The zero-order valence-corrected chi connectivity index (χ0v) is 22.2. The van der Waals surface area contributed by atoms with Crippen LogP contribution in [0, 0.1) is 34.9 Å². The summed E-state index contributed by atoms with van der Waals surface area (Å²) in [6, 6.07) is 9.63. The Hall–Kier alpha value is -2.47. The molecule has 1 aliphatic heterocycles. The minimum atomic E-state index is -0.0242. The van der Waals surface area contributed by atoms with Gasteiger partial charge in [0.05, 0.1) is 25.1 Å². The molecule has 0 bridgehead atoms. The first-order chi connectivity index (χ1) is 17.9. The molecule has 0 spiro atoms. The average molecular weight is 506 g/mol. The molecule has 1 amide bonds. The molecule has 1 N–H and O–H groups in total. The van der Waals surface area contributed by atoms with E-state index in [0.29, 0.717) is 47.2 Å². The van der Waals surface area contributed by atoms with Gasteiger partial charge >= 0.3 is 0 Å². The van der Waals surface area contributed by atoms with Gasteiger partial charge in [0, 0.05) is 19.5 Å². The predicted molar refractivity (Wildman–Crippen MR) is 144 cm³/mol. The summed E-state index contributed by atoms with van der Waals surface area (Å²) in [5.74, 6) is 3.53. The topological polar surface area (TPSA) is 54.5 Å². The van der Waals surface area contributed by atoms with Crippen LogP contribution in [-0.4, -0.2) is 37.2 Å². The predicted octanol–water partition coefficient (Wildman–Crippen LogP) is 6.19. The van der Waals surface area contributed by atoms with Crippen molar-refractivity contribution >= 4 is 17.4 Å². The van der Waals surface area contributed by atoms with Crippen LogP contribution < -0.4 is 10.2 Å². The number of aromatic nitrogens is 1. The van der Waals surface area contributed by atoms with E-state index in [4.69, 9.17) is 4.74 Å². The minimum Gasteiger partial charge on any atom is -0.378 e. The fourth-order valence-corrected chi connectivity index (χ4v) is 8.47. The third-order valence-corrected chi connectivity index (χ3v) is 10.4. The quantitative estimate of drug-likeness (QED) is 0.526. The number of rotatable bonds is 5. The van der Waals surface area contributed by atoms with Gasteiger partial charge in [0.25, 0.3) is 0 Å². The molecule has 1 aromatic heterocycles. The molecule has 5 nitrogen and oxygen atoms in total. The lowest BCUT2D eigenvalue weighted by Gasteiger charge is -2.52. The SMILES string of the molecule is CC1C[C@@H](CCC(=O)Nc2ccc(N3CCOCC3)cn2)C2C3CCc4c(F)cccc4C3CC[C@]12C. The van der Waals surface area contributed by atoms with E-state index >= 15 is 0 Å². The molecule has 6 atom stereocenters. The second kappa shape index (κ2) is 10.0. The number of amides is 1. The number of anilines is 2. The molecule has 1 saturated heterocycles. The Kier molecular flexibility index (Phi) is 6.72. The van der Waals surface area contributed by atoms with E-state index in [1.54, 1.807) is 6.07 Å². The summed E-state index contributed by atoms with van der Waals surface area (Å²) >= 11 is 0. The second-order valence-electron chi connectivity index (χ2n) is 12.2. The number of carbonyl (C=O) groups excluding carboxylic acids is 1. The van der Waals surface area contributed by atoms with Gasteiger partial charge in [0.1, 0.15) is 11.6 Å². The van der Waals surface area contributed by atoms with Gasteiger partial charge in [0.2, 0.25) is 5.91 Å². The van der Waals surface area contributed by atoms with E-state index in [9.17, 15) is 9.18 Å². The number of hydrogen-bond acceptors (Lipinski definition) is 4. The summed E-state index contributed by atoms with van der Waals surface area (Å²) in [4.78, 5) is 19.7. The molecule has 1 aromatic carbocycles. The number of ether oxygens (including phenoxy) is 1. The molecule has 2 saturated carbocycles. The fourth-order valence-electron chi connectivity index (χ4n) is 8.47. The van der Waals surface area contributed by atoms with Gasteiger partial charge in [-0.2, -0.15) is 0 Å². The lowest BCUT2D eigenvalue weighted by Crippen LogP contribution is -2.44. The van der Waals surface area contributed by atoms with Crippen LogP contribution in [0.1, 0.15) is 69.4 Å². The van der Waals surface area contributed by atoms with Crippen LogP contribution in [0.25, 0.3) is 0 Å². The van der Waals surface area contributed by atoms with Gasteiger partial charge < -0.3 is 15.0 Å². The molecule has 0 radical (unpaired) electrons. The Morgan fingerprint density at radius 1 is 1.22 bits per heavy atom.